The molecule has 154 valence electrons. The molecule has 0 aromatic heterocycles. The van der Waals surface area contributed by atoms with Crippen LogP contribution in [0.5, 0.6) is 0 Å². The van der Waals surface area contributed by atoms with Crippen LogP contribution >= 0.6 is 15.9 Å². The van der Waals surface area contributed by atoms with E-state index in [0.29, 0.717) is 25.9 Å². The number of hydrogen-bond donors (Lipinski definition) is 1. The molecule has 3 aromatic rings. The van der Waals surface area contributed by atoms with E-state index in [4.69, 9.17) is 0 Å². The fourth-order valence-electron chi connectivity index (χ4n) is 4.09. The van der Waals surface area contributed by atoms with Gasteiger partial charge in [-0.1, -0.05) is 64.5 Å². The molecular weight excluding hydrogens is 440 g/mol. The van der Waals surface area contributed by atoms with E-state index in [2.05, 4.69) is 21.2 Å². The zero-order chi connectivity index (χ0) is 21.1. The van der Waals surface area contributed by atoms with E-state index in [1.165, 1.54) is 0 Å². The first-order valence-electron chi connectivity index (χ1n) is 10.4. The Morgan fingerprint density at radius 2 is 1.63 bits per heavy atom. The Morgan fingerprint density at radius 3 is 2.37 bits per heavy atom. The normalized spacial score (nSPS) is 15.7. The Bertz CT molecular complexity index is 1050. The van der Waals surface area contributed by atoms with Crippen LogP contribution in [0.2, 0.25) is 0 Å². The van der Waals surface area contributed by atoms with Gasteiger partial charge in [0.2, 0.25) is 5.91 Å². The maximum absolute atomic E-state index is 13.1. The van der Waals surface area contributed by atoms with Gasteiger partial charge >= 0.3 is 0 Å². The van der Waals surface area contributed by atoms with Crippen LogP contribution in [-0.4, -0.2) is 29.8 Å². The van der Waals surface area contributed by atoms with Gasteiger partial charge in [0.25, 0.3) is 5.91 Å². The molecule has 1 N–H and O–H groups in total. The summed E-state index contributed by atoms with van der Waals surface area (Å²) in [6, 6.07) is 21.8. The Balaban J connectivity index is 1.36. The van der Waals surface area contributed by atoms with E-state index in [1.807, 2.05) is 78.6 Å². The first-order chi connectivity index (χ1) is 14.5. The number of fused-ring (bicyclic) bond motifs is 1. The molecule has 1 unspecified atom stereocenters. The van der Waals surface area contributed by atoms with Gasteiger partial charge in [-0.3, -0.25) is 9.59 Å². The summed E-state index contributed by atoms with van der Waals surface area (Å²) in [7, 11) is 0. The first kappa shape index (κ1) is 20.6. The van der Waals surface area contributed by atoms with Gasteiger partial charge in [-0.25, -0.2) is 0 Å². The minimum Gasteiger partial charge on any atom is -0.349 e. The highest BCUT2D eigenvalue weighted by Crippen LogP contribution is 2.24. The van der Waals surface area contributed by atoms with Crippen molar-refractivity contribution in [1.29, 1.82) is 0 Å². The van der Waals surface area contributed by atoms with Crippen LogP contribution in [0.3, 0.4) is 0 Å². The van der Waals surface area contributed by atoms with Gasteiger partial charge in [0.05, 0.1) is 6.04 Å². The maximum Gasteiger partial charge on any atom is 0.254 e. The number of likely N-dealkylation sites (tertiary alicyclic amines) is 1. The molecule has 0 radical (unpaired) electrons. The number of nitrogens with one attached hydrogen (secondary N) is 1. The zero-order valence-corrected chi connectivity index (χ0v) is 18.6. The lowest BCUT2D eigenvalue weighted by Crippen LogP contribution is -2.43. The minimum atomic E-state index is -0.0561. The Kier molecular flexibility index (Phi) is 6.18. The van der Waals surface area contributed by atoms with Crippen molar-refractivity contribution in [2.24, 2.45) is 5.92 Å². The van der Waals surface area contributed by atoms with Gasteiger partial charge < -0.3 is 10.2 Å². The third-order valence-corrected chi connectivity index (χ3v) is 6.43. The summed E-state index contributed by atoms with van der Waals surface area (Å²) >= 11 is 3.44. The molecule has 4 rings (SSSR count). The van der Waals surface area contributed by atoms with Crippen LogP contribution < -0.4 is 5.32 Å². The largest absolute Gasteiger partial charge is 0.349 e. The van der Waals surface area contributed by atoms with Gasteiger partial charge in [-0.05, 0) is 54.3 Å². The highest BCUT2D eigenvalue weighted by molar-refractivity contribution is 9.10. The molecule has 1 aliphatic heterocycles. The highest BCUT2D eigenvalue weighted by atomic mass is 79.9. The van der Waals surface area contributed by atoms with Crippen molar-refractivity contribution in [3.05, 3.63) is 82.3 Å². The van der Waals surface area contributed by atoms with Crippen LogP contribution in [0.15, 0.2) is 71.2 Å². The van der Waals surface area contributed by atoms with Crippen LogP contribution in [0.1, 0.15) is 41.7 Å². The van der Waals surface area contributed by atoms with Crippen LogP contribution in [0, 0.1) is 5.92 Å². The van der Waals surface area contributed by atoms with E-state index >= 15 is 0 Å². The van der Waals surface area contributed by atoms with E-state index in [1.54, 1.807) is 0 Å². The fourth-order valence-corrected chi connectivity index (χ4v) is 4.36. The lowest BCUT2D eigenvalue weighted by atomic mass is 9.94. The summed E-state index contributed by atoms with van der Waals surface area (Å²) in [5, 5.41) is 5.18. The second-order valence-electron chi connectivity index (χ2n) is 7.88. The summed E-state index contributed by atoms with van der Waals surface area (Å²) in [5.41, 5.74) is 1.81. The predicted molar refractivity (Wildman–Crippen MR) is 123 cm³/mol. The van der Waals surface area contributed by atoms with Crippen molar-refractivity contribution in [2.45, 2.75) is 25.8 Å². The number of halogens is 1. The molecule has 5 heteroatoms. The molecule has 0 aliphatic carbocycles. The molecule has 1 fully saturated rings. The standard InChI is InChI=1S/C25H25BrN2O2/c1-17(18-9-11-21(26)12-10-18)27-24(29)20-13-15-28(16-14-20)25(30)23-8-4-6-19-5-2-3-7-22(19)23/h2-12,17,20H,13-16H2,1H3,(H,27,29). The van der Waals surface area contributed by atoms with Crippen molar-refractivity contribution in [3.8, 4) is 0 Å². The first-order valence-corrected chi connectivity index (χ1v) is 11.1. The van der Waals surface area contributed by atoms with Gasteiger partial charge in [0.1, 0.15) is 0 Å². The summed E-state index contributed by atoms with van der Waals surface area (Å²) < 4.78 is 1.02. The molecule has 0 saturated carbocycles. The number of amides is 2. The third kappa shape index (κ3) is 4.41. The Morgan fingerprint density at radius 1 is 0.967 bits per heavy atom. The van der Waals surface area contributed by atoms with E-state index in [9.17, 15) is 9.59 Å². The summed E-state index contributed by atoms with van der Waals surface area (Å²) in [6.45, 7) is 3.21. The fraction of sp³-hybridized carbons (Fsp3) is 0.280. The van der Waals surface area contributed by atoms with E-state index in [-0.39, 0.29) is 23.8 Å². The van der Waals surface area contributed by atoms with Crippen molar-refractivity contribution in [1.82, 2.24) is 10.2 Å². The number of carbonyl (C=O) groups excluding carboxylic acids is 2. The van der Waals surface area contributed by atoms with Gasteiger partial charge in [0.15, 0.2) is 0 Å². The molecule has 3 aromatic carbocycles. The molecule has 1 heterocycles. The topological polar surface area (TPSA) is 49.4 Å². The van der Waals surface area contributed by atoms with Crippen LogP contribution in [0.4, 0.5) is 0 Å². The number of benzene rings is 3. The average molecular weight is 465 g/mol. The summed E-state index contributed by atoms with van der Waals surface area (Å²) in [6.07, 6.45) is 1.38. The Hall–Kier alpha value is -2.66. The highest BCUT2D eigenvalue weighted by Gasteiger charge is 2.29. The van der Waals surface area contributed by atoms with Crippen molar-refractivity contribution in [2.75, 3.05) is 13.1 Å². The van der Waals surface area contributed by atoms with Crippen molar-refractivity contribution >= 4 is 38.5 Å². The second kappa shape index (κ2) is 9.00. The van der Waals surface area contributed by atoms with Gasteiger partial charge in [-0.15, -0.1) is 0 Å². The Labute approximate surface area is 185 Å². The number of piperidine rings is 1. The van der Waals surface area contributed by atoms with E-state index < -0.39 is 0 Å². The molecule has 1 aliphatic rings. The smallest absolute Gasteiger partial charge is 0.254 e. The molecule has 30 heavy (non-hydrogen) atoms. The zero-order valence-electron chi connectivity index (χ0n) is 17.0. The number of nitrogens with zero attached hydrogens (tertiary/aromatic N) is 1. The lowest BCUT2D eigenvalue weighted by Gasteiger charge is -2.32. The summed E-state index contributed by atoms with van der Waals surface area (Å²) in [5.74, 6) is 0.0658. The van der Waals surface area contributed by atoms with E-state index in [0.717, 1.165) is 26.4 Å². The SMILES string of the molecule is CC(NC(=O)C1CCN(C(=O)c2cccc3ccccc23)CC1)c1ccc(Br)cc1. The molecule has 2 amide bonds. The minimum absolute atomic E-state index is 0.0408. The average Bonchev–Trinajstić information content (AvgIpc) is 2.78. The van der Waals surface area contributed by atoms with Gasteiger partial charge in [0, 0.05) is 29.0 Å². The molecule has 4 nitrogen and oxygen atoms in total. The summed E-state index contributed by atoms with van der Waals surface area (Å²) in [4.78, 5) is 27.7. The van der Waals surface area contributed by atoms with Crippen molar-refractivity contribution < 1.29 is 9.59 Å². The number of hydrogen-bond acceptors (Lipinski definition) is 2. The number of rotatable bonds is 4. The lowest BCUT2D eigenvalue weighted by molar-refractivity contribution is -0.126. The molecule has 0 spiro atoms. The number of carbonyl (C=O) groups is 2. The predicted octanol–water partition coefficient (Wildman–Crippen LogP) is 5.33. The molecule has 0 bridgehead atoms. The van der Waals surface area contributed by atoms with Crippen LogP contribution in [0.25, 0.3) is 10.8 Å². The van der Waals surface area contributed by atoms with Crippen LogP contribution in [-0.2, 0) is 4.79 Å². The van der Waals surface area contributed by atoms with Gasteiger partial charge in [-0.2, -0.15) is 0 Å². The third-order valence-electron chi connectivity index (χ3n) is 5.90. The molecule has 1 saturated heterocycles. The monoisotopic (exact) mass is 464 g/mol. The molecule has 1 atom stereocenters. The quantitative estimate of drug-likeness (QED) is 0.566. The maximum atomic E-state index is 13.1. The van der Waals surface area contributed by atoms with Crippen molar-refractivity contribution in [3.63, 3.8) is 0 Å². The second-order valence-corrected chi connectivity index (χ2v) is 8.79. The molecular formula is C25H25BrN2O2.